The minimum absolute atomic E-state index is 0.399. The molecular formula is C17H25N3S. The summed E-state index contributed by atoms with van der Waals surface area (Å²) in [5.74, 6) is 0.915. The van der Waals surface area contributed by atoms with Gasteiger partial charge in [-0.1, -0.05) is 19.1 Å². The Kier molecular flexibility index (Phi) is 5.88. The molecule has 3 nitrogen and oxygen atoms in total. The Morgan fingerprint density at radius 2 is 2.05 bits per heavy atom. The molecule has 2 aromatic rings. The second-order valence-electron chi connectivity index (χ2n) is 5.52. The molecule has 1 unspecified atom stereocenters. The molecule has 1 heterocycles. The van der Waals surface area contributed by atoms with Gasteiger partial charge in [0.05, 0.1) is 5.69 Å². The van der Waals surface area contributed by atoms with E-state index in [4.69, 9.17) is 0 Å². The Hall–Kier alpha value is -1.26. The predicted octanol–water partition coefficient (Wildman–Crippen LogP) is 4.43. The lowest BCUT2D eigenvalue weighted by Gasteiger charge is -2.13. The van der Waals surface area contributed by atoms with Crippen molar-refractivity contribution in [3.63, 3.8) is 0 Å². The van der Waals surface area contributed by atoms with Gasteiger partial charge in [-0.25, -0.2) is 0 Å². The molecule has 0 aliphatic carbocycles. The first-order valence-corrected chi connectivity index (χ1v) is 8.59. The number of thioether (sulfide) groups is 1. The topological polar surface area (TPSA) is 29.9 Å². The molecule has 0 bridgehead atoms. The summed E-state index contributed by atoms with van der Waals surface area (Å²) in [5.41, 5.74) is 2.48. The molecule has 21 heavy (non-hydrogen) atoms. The summed E-state index contributed by atoms with van der Waals surface area (Å²) in [6.45, 7) is 9.63. The van der Waals surface area contributed by atoms with Crippen LogP contribution >= 0.6 is 11.8 Å². The van der Waals surface area contributed by atoms with E-state index in [2.05, 4.69) is 74.6 Å². The molecule has 0 saturated carbocycles. The quantitative estimate of drug-likeness (QED) is 0.768. The van der Waals surface area contributed by atoms with Crippen LogP contribution in [0.2, 0.25) is 0 Å². The minimum atomic E-state index is 0.399. The van der Waals surface area contributed by atoms with Crippen LogP contribution in [-0.4, -0.2) is 16.3 Å². The van der Waals surface area contributed by atoms with E-state index in [1.807, 2.05) is 16.4 Å². The highest BCUT2D eigenvalue weighted by atomic mass is 32.2. The minimum Gasteiger partial charge on any atom is -0.310 e. The van der Waals surface area contributed by atoms with E-state index in [1.165, 1.54) is 10.5 Å². The van der Waals surface area contributed by atoms with Gasteiger partial charge in [-0.05, 0) is 51.1 Å². The first-order valence-electron chi connectivity index (χ1n) is 7.60. The van der Waals surface area contributed by atoms with Gasteiger partial charge < -0.3 is 5.32 Å². The largest absolute Gasteiger partial charge is 0.310 e. The Bertz CT molecular complexity index is 563. The van der Waals surface area contributed by atoms with Crippen molar-refractivity contribution in [2.45, 2.75) is 50.4 Å². The second kappa shape index (κ2) is 7.66. The second-order valence-corrected chi connectivity index (χ2v) is 6.57. The summed E-state index contributed by atoms with van der Waals surface area (Å²) in [6.07, 6.45) is 2.06. The predicted molar refractivity (Wildman–Crippen MR) is 90.7 cm³/mol. The zero-order valence-electron chi connectivity index (χ0n) is 13.3. The van der Waals surface area contributed by atoms with Crippen molar-refractivity contribution in [3.05, 3.63) is 47.8 Å². The third-order valence-electron chi connectivity index (χ3n) is 3.45. The Morgan fingerprint density at radius 3 is 2.71 bits per heavy atom. The van der Waals surface area contributed by atoms with Crippen molar-refractivity contribution in [3.8, 4) is 0 Å². The molecule has 1 N–H and O–H groups in total. The molecule has 1 aromatic heterocycles. The highest BCUT2D eigenvalue weighted by Gasteiger charge is 2.06. The van der Waals surface area contributed by atoms with E-state index in [-0.39, 0.29) is 0 Å². The smallest absolute Gasteiger partial charge is 0.0727 e. The normalized spacial score (nSPS) is 12.8. The Morgan fingerprint density at radius 1 is 1.24 bits per heavy atom. The van der Waals surface area contributed by atoms with Crippen molar-refractivity contribution < 1.29 is 0 Å². The van der Waals surface area contributed by atoms with Gasteiger partial charge in [-0.15, -0.1) is 11.8 Å². The summed E-state index contributed by atoms with van der Waals surface area (Å²) in [5, 5.41) is 8.05. The fraction of sp³-hybridized carbons (Fsp3) is 0.471. The molecule has 4 heteroatoms. The summed E-state index contributed by atoms with van der Waals surface area (Å²) in [4.78, 5) is 1.30. The van der Waals surface area contributed by atoms with Crippen LogP contribution in [0.4, 0.5) is 0 Å². The van der Waals surface area contributed by atoms with Crippen LogP contribution in [0.25, 0.3) is 0 Å². The maximum atomic E-state index is 4.60. The van der Waals surface area contributed by atoms with Crippen LogP contribution in [0, 0.1) is 0 Å². The fourth-order valence-corrected chi connectivity index (χ4v) is 3.06. The SMILES string of the molecule is CCNC(C)c1cccc(SCc2ccn(C(C)C)n2)c1. The van der Waals surface area contributed by atoms with Gasteiger partial charge in [-0.2, -0.15) is 5.10 Å². The first-order chi connectivity index (χ1) is 10.1. The molecule has 0 fully saturated rings. The van der Waals surface area contributed by atoms with Gasteiger partial charge in [0.2, 0.25) is 0 Å². The van der Waals surface area contributed by atoms with Crippen LogP contribution in [0.15, 0.2) is 41.4 Å². The van der Waals surface area contributed by atoms with Crippen molar-refractivity contribution in [1.29, 1.82) is 0 Å². The average Bonchev–Trinajstić information content (AvgIpc) is 2.95. The number of benzene rings is 1. The molecule has 0 amide bonds. The van der Waals surface area contributed by atoms with Crippen LogP contribution in [0.5, 0.6) is 0 Å². The molecular weight excluding hydrogens is 278 g/mol. The van der Waals surface area contributed by atoms with Crippen molar-refractivity contribution in [2.24, 2.45) is 0 Å². The highest BCUT2D eigenvalue weighted by molar-refractivity contribution is 7.98. The van der Waals surface area contributed by atoms with Crippen LogP contribution in [-0.2, 0) is 5.75 Å². The number of hydrogen-bond donors (Lipinski definition) is 1. The first kappa shape index (κ1) is 16.1. The zero-order chi connectivity index (χ0) is 15.2. The molecule has 0 saturated heterocycles. The third kappa shape index (κ3) is 4.61. The lowest BCUT2D eigenvalue weighted by molar-refractivity contribution is 0.529. The van der Waals surface area contributed by atoms with E-state index >= 15 is 0 Å². The number of nitrogens with one attached hydrogen (secondary N) is 1. The van der Waals surface area contributed by atoms with E-state index in [1.54, 1.807) is 0 Å². The maximum absolute atomic E-state index is 4.60. The maximum Gasteiger partial charge on any atom is 0.0727 e. The monoisotopic (exact) mass is 303 g/mol. The highest BCUT2D eigenvalue weighted by Crippen LogP contribution is 2.25. The lowest BCUT2D eigenvalue weighted by Crippen LogP contribution is -2.17. The standard InChI is InChI=1S/C17H25N3S/c1-5-18-14(4)15-7-6-8-17(11-15)21-12-16-9-10-20(19-16)13(2)3/h6-11,13-14,18H,5,12H2,1-4H3. The molecule has 0 radical (unpaired) electrons. The molecule has 0 aliphatic rings. The average molecular weight is 303 g/mol. The number of nitrogens with zero attached hydrogens (tertiary/aromatic N) is 2. The summed E-state index contributed by atoms with van der Waals surface area (Å²) >= 11 is 1.84. The molecule has 2 rings (SSSR count). The Labute approximate surface area is 132 Å². The third-order valence-corrected chi connectivity index (χ3v) is 4.48. The van der Waals surface area contributed by atoms with Crippen molar-refractivity contribution in [2.75, 3.05) is 6.54 Å². The van der Waals surface area contributed by atoms with Gasteiger partial charge in [-0.3, -0.25) is 4.68 Å². The summed E-state index contributed by atoms with van der Waals surface area (Å²) in [6, 6.07) is 11.7. The van der Waals surface area contributed by atoms with Gasteiger partial charge >= 0.3 is 0 Å². The van der Waals surface area contributed by atoms with Crippen LogP contribution in [0.1, 0.15) is 51.0 Å². The molecule has 1 aromatic carbocycles. The van der Waals surface area contributed by atoms with E-state index in [0.29, 0.717) is 12.1 Å². The van der Waals surface area contributed by atoms with E-state index < -0.39 is 0 Å². The van der Waals surface area contributed by atoms with Crippen LogP contribution < -0.4 is 5.32 Å². The van der Waals surface area contributed by atoms with Gasteiger partial charge in [0.15, 0.2) is 0 Å². The molecule has 0 spiro atoms. The summed E-state index contributed by atoms with van der Waals surface area (Å²) in [7, 11) is 0. The molecule has 0 aliphatic heterocycles. The van der Waals surface area contributed by atoms with E-state index in [0.717, 1.165) is 18.0 Å². The van der Waals surface area contributed by atoms with Gasteiger partial charge in [0, 0.05) is 28.9 Å². The van der Waals surface area contributed by atoms with Crippen molar-refractivity contribution in [1.82, 2.24) is 15.1 Å². The van der Waals surface area contributed by atoms with Crippen molar-refractivity contribution >= 4 is 11.8 Å². The lowest BCUT2D eigenvalue weighted by atomic mass is 10.1. The van der Waals surface area contributed by atoms with Gasteiger partial charge in [0.1, 0.15) is 0 Å². The molecule has 1 atom stereocenters. The number of rotatable bonds is 7. The fourth-order valence-electron chi connectivity index (χ4n) is 2.20. The summed E-state index contributed by atoms with van der Waals surface area (Å²) < 4.78 is 2.01. The van der Waals surface area contributed by atoms with E-state index in [9.17, 15) is 0 Å². The molecule has 114 valence electrons. The number of aromatic nitrogens is 2. The Balaban J connectivity index is 1.97. The van der Waals surface area contributed by atoms with Crippen LogP contribution in [0.3, 0.4) is 0 Å². The number of hydrogen-bond acceptors (Lipinski definition) is 3. The zero-order valence-corrected chi connectivity index (χ0v) is 14.2. The van der Waals surface area contributed by atoms with Gasteiger partial charge in [0.25, 0.3) is 0 Å².